The van der Waals surface area contributed by atoms with Crippen LogP contribution in [0.3, 0.4) is 0 Å². The summed E-state index contributed by atoms with van der Waals surface area (Å²) < 4.78 is 0. The van der Waals surface area contributed by atoms with Crippen LogP contribution in [-0.2, 0) is 0 Å². The van der Waals surface area contributed by atoms with Crippen LogP contribution in [0.1, 0.15) is 0 Å². The molecule has 0 radical (unpaired) electrons. The monoisotopic (exact) mass is 137 g/mol. The van der Waals surface area contributed by atoms with Gasteiger partial charge in [0.1, 0.15) is 5.84 Å². The number of nitrogens with one attached hydrogen (secondary N) is 1. The van der Waals surface area contributed by atoms with Gasteiger partial charge in [-0.1, -0.05) is 6.58 Å². The third-order valence-electron chi connectivity index (χ3n) is 1.08. The van der Waals surface area contributed by atoms with Crippen molar-refractivity contribution in [2.75, 3.05) is 7.05 Å². The molecule has 1 heterocycles. The van der Waals surface area contributed by atoms with E-state index in [1.165, 1.54) is 6.21 Å². The normalized spacial score (nSPS) is 17.1. The fraction of sp³-hybridized carbons (Fsp3) is 0.167. The van der Waals surface area contributed by atoms with Gasteiger partial charge in [-0.2, -0.15) is 9.98 Å². The second-order valence-electron chi connectivity index (χ2n) is 1.78. The Labute approximate surface area is 58.4 Å². The Hall–Kier alpha value is -1.45. The number of amidine groups is 1. The Morgan fingerprint density at radius 1 is 1.70 bits per heavy atom. The maximum atomic E-state index is 10.5. The minimum absolute atomic E-state index is 0.486. The van der Waals surface area contributed by atoms with Crippen LogP contribution >= 0.6 is 0 Å². The number of amides is 2. The molecule has 0 unspecified atom stereocenters. The van der Waals surface area contributed by atoms with E-state index in [0.29, 0.717) is 11.4 Å². The van der Waals surface area contributed by atoms with E-state index in [2.05, 4.69) is 21.9 Å². The summed E-state index contributed by atoms with van der Waals surface area (Å²) in [7, 11) is 1.68. The number of likely N-dealkylation sites (N-methyl/N-ethyl adjacent to an activating group) is 1. The van der Waals surface area contributed by atoms with E-state index >= 15 is 0 Å². The molecule has 0 atom stereocenters. The average Bonchev–Trinajstić information content (AvgIpc) is 1.94. The molecule has 52 valence electrons. The van der Waals surface area contributed by atoms with Crippen molar-refractivity contribution in [3.63, 3.8) is 0 Å². The lowest BCUT2D eigenvalue weighted by atomic mass is 10.3. The molecule has 0 aromatic rings. The van der Waals surface area contributed by atoms with E-state index in [0.717, 1.165) is 0 Å². The molecule has 1 aliphatic heterocycles. The summed E-state index contributed by atoms with van der Waals surface area (Å²) in [5, 5.41) is 2.72. The maximum Gasteiger partial charge on any atom is 0.368 e. The molecule has 1 aliphatic rings. The van der Waals surface area contributed by atoms with Crippen molar-refractivity contribution in [3.8, 4) is 0 Å². The van der Waals surface area contributed by atoms with Crippen LogP contribution < -0.4 is 5.32 Å². The van der Waals surface area contributed by atoms with E-state index in [1.807, 2.05) is 0 Å². The van der Waals surface area contributed by atoms with E-state index in [1.54, 1.807) is 7.05 Å². The zero-order chi connectivity index (χ0) is 7.56. The Morgan fingerprint density at radius 3 is 2.90 bits per heavy atom. The first-order chi connectivity index (χ1) is 4.74. The Morgan fingerprint density at radius 2 is 2.40 bits per heavy atom. The van der Waals surface area contributed by atoms with Crippen LogP contribution in [0, 0.1) is 0 Å². The van der Waals surface area contributed by atoms with Crippen LogP contribution in [0.2, 0.25) is 0 Å². The van der Waals surface area contributed by atoms with Crippen LogP contribution in [0.25, 0.3) is 0 Å². The van der Waals surface area contributed by atoms with Crippen molar-refractivity contribution in [1.82, 2.24) is 5.32 Å². The number of nitrogens with zero attached hydrogens (tertiary/aromatic N) is 2. The highest BCUT2D eigenvalue weighted by Gasteiger charge is 2.07. The SMILES string of the molecule is C=C1C=NC(=O)N=C1NC. The third-order valence-corrected chi connectivity index (χ3v) is 1.08. The van der Waals surface area contributed by atoms with E-state index in [4.69, 9.17) is 0 Å². The summed E-state index contributed by atoms with van der Waals surface area (Å²) in [6.07, 6.45) is 1.39. The van der Waals surface area contributed by atoms with Gasteiger partial charge in [0.05, 0.1) is 0 Å². The van der Waals surface area contributed by atoms with Crippen molar-refractivity contribution in [2.45, 2.75) is 0 Å². The number of aliphatic imine (C=N–C) groups is 2. The van der Waals surface area contributed by atoms with Gasteiger partial charge in [0, 0.05) is 18.8 Å². The molecule has 0 aromatic heterocycles. The summed E-state index contributed by atoms with van der Waals surface area (Å²) in [4.78, 5) is 17.5. The van der Waals surface area contributed by atoms with Gasteiger partial charge in [0.25, 0.3) is 0 Å². The van der Waals surface area contributed by atoms with Gasteiger partial charge < -0.3 is 5.32 Å². The number of urea groups is 1. The third kappa shape index (κ3) is 1.10. The molecule has 0 aliphatic carbocycles. The van der Waals surface area contributed by atoms with Crippen LogP contribution in [0.15, 0.2) is 22.1 Å². The smallest absolute Gasteiger partial charge is 0.368 e. The molecule has 10 heavy (non-hydrogen) atoms. The lowest BCUT2D eigenvalue weighted by Crippen LogP contribution is -2.24. The number of carbonyl (C=O) groups is 1. The van der Waals surface area contributed by atoms with Gasteiger partial charge in [0.2, 0.25) is 0 Å². The van der Waals surface area contributed by atoms with Crippen LogP contribution in [0.4, 0.5) is 4.79 Å². The quantitative estimate of drug-likeness (QED) is 0.524. The molecule has 0 aromatic carbocycles. The fourth-order valence-electron chi connectivity index (χ4n) is 0.607. The standard InChI is InChI=1S/C6H7N3O/c1-4-3-8-6(10)9-5(4)7-2/h3H,1H2,2H3,(H,7,9,10). The summed E-state index contributed by atoms with van der Waals surface area (Å²) in [5.41, 5.74) is 0.627. The summed E-state index contributed by atoms with van der Waals surface area (Å²) in [6, 6.07) is -0.489. The fourth-order valence-corrected chi connectivity index (χ4v) is 0.607. The van der Waals surface area contributed by atoms with Gasteiger partial charge in [-0.15, -0.1) is 0 Å². The molecule has 4 nitrogen and oxygen atoms in total. The average molecular weight is 137 g/mol. The molecule has 4 heteroatoms. The highest BCUT2D eigenvalue weighted by Crippen LogP contribution is 1.97. The first-order valence-electron chi connectivity index (χ1n) is 2.78. The van der Waals surface area contributed by atoms with Gasteiger partial charge in [-0.05, 0) is 0 Å². The summed E-state index contributed by atoms with van der Waals surface area (Å²) in [5.74, 6) is 0.486. The van der Waals surface area contributed by atoms with E-state index in [9.17, 15) is 4.79 Å². The molecule has 0 spiro atoms. The second kappa shape index (κ2) is 2.43. The van der Waals surface area contributed by atoms with Crippen LogP contribution in [-0.4, -0.2) is 25.1 Å². The molecule has 0 fully saturated rings. The lowest BCUT2D eigenvalue weighted by Gasteiger charge is -2.05. The van der Waals surface area contributed by atoms with Gasteiger partial charge in [-0.25, -0.2) is 4.79 Å². The number of hydrogen-bond acceptors (Lipinski definition) is 2. The lowest BCUT2D eigenvalue weighted by molar-refractivity contribution is 0.257. The molecule has 2 amide bonds. The molecular formula is C6H7N3O. The second-order valence-corrected chi connectivity index (χ2v) is 1.78. The minimum Gasteiger partial charge on any atom is -0.372 e. The Kier molecular flexibility index (Phi) is 1.62. The number of carbonyl (C=O) groups excluding carboxylic acids is 1. The highest BCUT2D eigenvalue weighted by atomic mass is 16.2. The summed E-state index contributed by atoms with van der Waals surface area (Å²) >= 11 is 0. The first-order valence-corrected chi connectivity index (χ1v) is 2.78. The first kappa shape index (κ1) is 6.67. The Bertz CT molecular complexity index is 239. The highest BCUT2D eigenvalue weighted by molar-refractivity contribution is 6.21. The molecule has 0 saturated carbocycles. The molecule has 0 bridgehead atoms. The molecule has 1 N–H and O–H groups in total. The van der Waals surface area contributed by atoms with Crippen molar-refractivity contribution in [2.24, 2.45) is 9.98 Å². The number of rotatable bonds is 0. The maximum absolute atomic E-state index is 10.5. The predicted octanol–water partition coefficient (Wildman–Crippen LogP) is 0.365. The predicted molar refractivity (Wildman–Crippen MR) is 39.5 cm³/mol. The van der Waals surface area contributed by atoms with E-state index < -0.39 is 6.03 Å². The van der Waals surface area contributed by atoms with Crippen molar-refractivity contribution < 1.29 is 4.79 Å². The van der Waals surface area contributed by atoms with Gasteiger partial charge in [-0.3, -0.25) is 0 Å². The molecule has 0 saturated heterocycles. The minimum atomic E-state index is -0.489. The zero-order valence-corrected chi connectivity index (χ0v) is 5.59. The number of hydrogen-bond donors (Lipinski definition) is 1. The summed E-state index contributed by atoms with van der Waals surface area (Å²) in [6.45, 7) is 3.61. The Balaban J connectivity index is 2.89. The molecular weight excluding hydrogens is 130 g/mol. The zero-order valence-electron chi connectivity index (χ0n) is 5.59. The molecule has 1 rings (SSSR count). The van der Waals surface area contributed by atoms with E-state index in [-0.39, 0.29) is 0 Å². The topological polar surface area (TPSA) is 53.8 Å². The van der Waals surface area contributed by atoms with Gasteiger partial charge >= 0.3 is 6.03 Å². The van der Waals surface area contributed by atoms with Crippen molar-refractivity contribution >= 4 is 18.1 Å². The van der Waals surface area contributed by atoms with Gasteiger partial charge in [0.15, 0.2) is 0 Å². The largest absolute Gasteiger partial charge is 0.372 e. The van der Waals surface area contributed by atoms with Crippen molar-refractivity contribution in [3.05, 3.63) is 12.2 Å². The van der Waals surface area contributed by atoms with Crippen molar-refractivity contribution in [1.29, 1.82) is 0 Å². The van der Waals surface area contributed by atoms with Crippen LogP contribution in [0.5, 0.6) is 0 Å².